The third kappa shape index (κ3) is 2.63. The van der Waals surface area contributed by atoms with Crippen LogP contribution in [-0.4, -0.2) is 16.6 Å². The van der Waals surface area contributed by atoms with Crippen molar-refractivity contribution in [3.63, 3.8) is 0 Å². The Balaban J connectivity index is 2.25. The minimum absolute atomic E-state index is 0.339. The second-order valence-electron chi connectivity index (χ2n) is 5.09. The molecule has 0 amide bonds. The molecule has 1 aromatic carbocycles. The Morgan fingerprint density at radius 3 is 2.50 bits per heavy atom. The van der Waals surface area contributed by atoms with Gasteiger partial charge in [0.25, 0.3) is 0 Å². The number of aliphatic carboxylic acids is 1. The number of hydrogen-bond donors (Lipinski definition) is 2. The second-order valence-corrected chi connectivity index (χ2v) is 5.09. The van der Waals surface area contributed by atoms with Crippen LogP contribution >= 0.6 is 0 Å². The number of carboxylic acids is 1. The van der Waals surface area contributed by atoms with Gasteiger partial charge in [0.05, 0.1) is 0 Å². The van der Waals surface area contributed by atoms with Crippen molar-refractivity contribution < 1.29 is 14.3 Å². The predicted octanol–water partition coefficient (Wildman–Crippen LogP) is 3.33. The van der Waals surface area contributed by atoms with Crippen LogP contribution < -0.4 is 5.32 Å². The molecule has 0 heterocycles. The summed E-state index contributed by atoms with van der Waals surface area (Å²) in [5, 5.41) is 12.5. The standard InChI is InChI=1S/C14H18FNO2/c1-10-7-11(15)9-12(8-10)16-14(13(17)18)5-3-2-4-6-14/h7-9,16H,2-6H2,1H3,(H,17,18). The van der Waals surface area contributed by atoms with E-state index in [1.165, 1.54) is 12.1 Å². The molecule has 0 radical (unpaired) electrons. The highest BCUT2D eigenvalue weighted by atomic mass is 19.1. The van der Waals surface area contributed by atoms with Crippen LogP contribution in [0.2, 0.25) is 0 Å². The molecule has 3 nitrogen and oxygen atoms in total. The lowest BCUT2D eigenvalue weighted by molar-refractivity contribution is -0.143. The number of carboxylic acid groups (broad SMARTS) is 1. The first-order chi connectivity index (χ1) is 8.52. The molecule has 1 aliphatic rings. The van der Waals surface area contributed by atoms with Gasteiger partial charge in [-0.15, -0.1) is 0 Å². The lowest BCUT2D eigenvalue weighted by atomic mass is 9.81. The number of hydrogen-bond acceptors (Lipinski definition) is 2. The summed E-state index contributed by atoms with van der Waals surface area (Å²) in [4.78, 5) is 11.5. The molecule has 0 aliphatic heterocycles. The van der Waals surface area contributed by atoms with Crippen molar-refractivity contribution >= 4 is 11.7 Å². The number of halogens is 1. The molecule has 0 bridgehead atoms. The Labute approximate surface area is 106 Å². The van der Waals surface area contributed by atoms with E-state index in [0.717, 1.165) is 24.8 Å². The minimum atomic E-state index is -0.932. The maximum Gasteiger partial charge on any atom is 0.329 e. The SMILES string of the molecule is Cc1cc(F)cc(NC2(C(=O)O)CCCCC2)c1. The van der Waals surface area contributed by atoms with Gasteiger partial charge in [0.15, 0.2) is 0 Å². The van der Waals surface area contributed by atoms with Crippen LogP contribution in [0.15, 0.2) is 18.2 Å². The van der Waals surface area contributed by atoms with E-state index >= 15 is 0 Å². The average molecular weight is 251 g/mol. The molecule has 0 aromatic heterocycles. The highest BCUT2D eigenvalue weighted by Gasteiger charge is 2.39. The number of nitrogens with one attached hydrogen (secondary N) is 1. The normalized spacial score (nSPS) is 18.3. The molecule has 1 aromatic rings. The molecular formula is C14H18FNO2. The summed E-state index contributed by atoms with van der Waals surface area (Å²) >= 11 is 0. The monoisotopic (exact) mass is 251 g/mol. The molecule has 1 fully saturated rings. The smallest absolute Gasteiger partial charge is 0.329 e. The Bertz CT molecular complexity index is 433. The summed E-state index contributed by atoms with van der Waals surface area (Å²) < 4.78 is 13.3. The number of benzene rings is 1. The average Bonchev–Trinajstić information content (AvgIpc) is 2.28. The third-order valence-electron chi connectivity index (χ3n) is 3.54. The van der Waals surface area contributed by atoms with Gasteiger partial charge in [-0.1, -0.05) is 19.3 Å². The van der Waals surface area contributed by atoms with Crippen LogP contribution in [0, 0.1) is 12.7 Å². The first-order valence-corrected chi connectivity index (χ1v) is 6.31. The maximum absolute atomic E-state index is 13.3. The molecule has 2 rings (SSSR count). The summed E-state index contributed by atoms with van der Waals surface area (Å²) in [6, 6.07) is 4.56. The van der Waals surface area contributed by atoms with Gasteiger partial charge in [0.1, 0.15) is 11.4 Å². The van der Waals surface area contributed by atoms with Crippen LogP contribution in [0.25, 0.3) is 0 Å². The van der Waals surface area contributed by atoms with Crippen LogP contribution in [0.4, 0.5) is 10.1 Å². The fraction of sp³-hybridized carbons (Fsp3) is 0.500. The van der Waals surface area contributed by atoms with E-state index in [9.17, 15) is 14.3 Å². The molecule has 0 unspecified atom stereocenters. The Hall–Kier alpha value is -1.58. The molecule has 0 saturated heterocycles. The van der Waals surface area contributed by atoms with Gasteiger partial charge in [-0.2, -0.15) is 0 Å². The van der Waals surface area contributed by atoms with Gasteiger partial charge in [0, 0.05) is 5.69 Å². The van der Waals surface area contributed by atoms with Gasteiger partial charge in [-0.25, -0.2) is 9.18 Å². The van der Waals surface area contributed by atoms with Crippen molar-refractivity contribution in [2.75, 3.05) is 5.32 Å². The molecule has 4 heteroatoms. The quantitative estimate of drug-likeness (QED) is 0.866. The number of aryl methyl sites for hydroxylation is 1. The molecule has 18 heavy (non-hydrogen) atoms. The summed E-state index contributed by atoms with van der Waals surface area (Å²) in [5.74, 6) is -1.18. The second kappa shape index (κ2) is 4.96. The lowest BCUT2D eigenvalue weighted by Gasteiger charge is -2.35. The molecule has 1 aliphatic carbocycles. The number of anilines is 1. The van der Waals surface area contributed by atoms with Gasteiger partial charge < -0.3 is 10.4 Å². The van der Waals surface area contributed by atoms with Crippen molar-refractivity contribution in [3.05, 3.63) is 29.6 Å². The molecule has 1 saturated carbocycles. The van der Waals surface area contributed by atoms with Crippen molar-refractivity contribution in [3.8, 4) is 0 Å². The molecule has 0 atom stereocenters. The molecule has 0 spiro atoms. The Morgan fingerprint density at radius 1 is 1.28 bits per heavy atom. The Morgan fingerprint density at radius 2 is 1.94 bits per heavy atom. The molecular weight excluding hydrogens is 233 g/mol. The lowest BCUT2D eigenvalue weighted by Crippen LogP contribution is -2.47. The summed E-state index contributed by atoms with van der Waals surface area (Å²) in [6.45, 7) is 1.79. The number of carbonyl (C=O) groups is 1. The van der Waals surface area contributed by atoms with Gasteiger partial charge in [-0.05, 0) is 43.5 Å². The van der Waals surface area contributed by atoms with Crippen LogP contribution in [0.5, 0.6) is 0 Å². The van der Waals surface area contributed by atoms with Gasteiger partial charge in [-0.3, -0.25) is 0 Å². The van der Waals surface area contributed by atoms with E-state index in [4.69, 9.17) is 0 Å². The number of rotatable bonds is 3. The highest BCUT2D eigenvalue weighted by Crippen LogP contribution is 2.32. The van der Waals surface area contributed by atoms with Crippen molar-refractivity contribution in [2.24, 2.45) is 0 Å². The van der Waals surface area contributed by atoms with E-state index in [1.54, 1.807) is 13.0 Å². The van der Waals surface area contributed by atoms with Crippen LogP contribution in [0.3, 0.4) is 0 Å². The largest absolute Gasteiger partial charge is 0.480 e. The molecule has 98 valence electrons. The zero-order valence-electron chi connectivity index (χ0n) is 10.5. The molecule has 2 N–H and O–H groups in total. The zero-order chi connectivity index (χ0) is 13.2. The highest BCUT2D eigenvalue weighted by molar-refractivity contribution is 5.83. The van der Waals surface area contributed by atoms with Gasteiger partial charge >= 0.3 is 5.97 Å². The Kier molecular flexibility index (Phi) is 3.55. The van der Waals surface area contributed by atoms with Crippen molar-refractivity contribution in [2.45, 2.75) is 44.6 Å². The zero-order valence-corrected chi connectivity index (χ0v) is 10.5. The third-order valence-corrected chi connectivity index (χ3v) is 3.54. The maximum atomic E-state index is 13.3. The minimum Gasteiger partial charge on any atom is -0.480 e. The van der Waals surface area contributed by atoms with Crippen LogP contribution in [0.1, 0.15) is 37.7 Å². The van der Waals surface area contributed by atoms with E-state index < -0.39 is 11.5 Å². The van der Waals surface area contributed by atoms with E-state index in [1.807, 2.05) is 0 Å². The first kappa shape index (κ1) is 12.9. The van der Waals surface area contributed by atoms with Crippen molar-refractivity contribution in [1.29, 1.82) is 0 Å². The topological polar surface area (TPSA) is 49.3 Å². The van der Waals surface area contributed by atoms with Crippen molar-refractivity contribution in [1.82, 2.24) is 0 Å². The van der Waals surface area contributed by atoms with E-state index in [-0.39, 0.29) is 5.82 Å². The first-order valence-electron chi connectivity index (χ1n) is 6.31. The van der Waals surface area contributed by atoms with Gasteiger partial charge in [0.2, 0.25) is 0 Å². The van der Waals surface area contributed by atoms with E-state index in [0.29, 0.717) is 18.5 Å². The summed E-state index contributed by atoms with van der Waals surface area (Å²) in [6.07, 6.45) is 4.05. The van der Waals surface area contributed by atoms with E-state index in [2.05, 4.69) is 5.32 Å². The fourth-order valence-corrected chi connectivity index (χ4v) is 2.63. The summed E-state index contributed by atoms with van der Waals surface area (Å²) in [5.41, 5.74) is 0.407. The van der Waals surface area contributed by atoms with Crippen LogP contribution in [-0.2, 0) is 4.79 Å². The fourth-order valence-electron chi connectivity index (χ4n) is 2.63. The summed E-state index contributed by atoms with van der Waals surface area (Å²) in [7, 11) is 0. The predicted molar refractivity (Wildman–Crippen MR) is 68.2 cm³/mol.